The van der Waals surface area contributed by atoms with Gasteiger partial charge in [0.2, 0.25) is 5.67 Å². The lowest BCUT2D eigenvalue weighted by molar-refractivity contribution is -0.142. The molecule has 4 aliphatic rings. The van der Waals surface area contributed by atoms with E-state index in [2.05, 4.69) is 15.7 Å². The number of amides is 1. The van der Waals surface area contributed by atoms with Crippen molar-refractivity contribution in [1.82, 2.24) is 20.4 Å². The molecule has 2 heterocycles. The van der Waals surface area contributed by atoms with E-state index in [1.165, 1.54) is 6.07 Å². The number of carbonyl (C=O) groups excluding carboxylic acids is 1. The van der Waals surface area contributed by atoms with Crippen molar-refractivity contribution in [3.63, 3.8) is 0 Å². The summed E-state index contributed by atoms with van der Waals surface area (Å²) >= 11 is 0. The molecular weight excluding hydrogens is 602 g/mol. The molecule has 7 rings (SSSR count). The molecule has 10 heteroatoms. The molecule has 3 aliphatic carbocycles. The molecule has 1 aliphatic heterocycles. The molecule has 3 saturated carbocycles. The lowest BCUT2D eigenvalue weighted by atomic mass is 9.74. The Kier molecular flexibility index (Phi) is 7.93. The molecule has 4 fully saturated rings. The standard InChI is InChI=1S/C37H44F2N4O4/c1-35(2,34(45)46)32-28(19-43(3)42-32)23-11-14-30(27(17-23)26-9-5-10-29(38)31(26)22-7-4-8-22)47-25-13-12-24(18-25)41-33(44)37(39)20-36(40-21-37)15-6-16-36/h5,9-11,14,17,19,22,24-25,40H,4,6-8,12-13,15-16,18,20-21H2,1-3H3,(H,41,44)(H,45,46)/t24-,25-,37+/m1/s1. The lowest BCUT2D eigenvalue weighted by Gasteiger charge is -2.38. The Hall–Kier alpha value is -3.79. The van der Waals surface area contributed by atoms with Crippen LogP contribution >= 0.6 is 0 Å². The van der Waals surface area contributed by atoms with Gasteiger partial charge in [-0.1, -0.05) is 24.6 Å². The Morgan fingerprint density at radius 2 is 1.87 bits per heavy atom. The molecule has 1 saturated heterocycles. The summed E-state index contributed by atoms with van der Waals surface area (Å²) in [6.07, 6.45) is 9.51. The molecule has 47 heavy (non-hydrogen) atoms. The molecule has 0 radical (unpaired) electrons. The molecule has 1 amide bonds. The quantitative estimate of drug-likeness (QED) is 0.243. The maximum Gasteiger partial charge on any atom is 0.315 e. The number of ether oxygens (including phenoxy) is 1. The van der Waals surface area contributed by atoms with Crippen LogP contribution in [-0.2, 0) is 22.1 Å². The Bertz CT molecular complexity index is 1710. The molecule has 3 atom stereocenters. The van der Waals surface area contributed by atoms with Gasteiger partial charge in [-0.05, 0) is 99.6 Å². The normalized spacial score (nSPS) is 25.4. The second-order valence-electron chi connectivity index (χ2n) is 14.9. The number of carboxylic acid groups (broad SMARTS) is 1. The zero-order chi connectivity index (χ0) is 33.1. The fraction of sp³-hybridized carbons (Fsp3) is 0.541. The highest BCUT2D eigenvalue weighted by atomic mass is 19.1. The minimum absolute atomic E-state index is 0.0560. The van der Waals surface area contributed by atoms with Crippen molar-refractivity contribution in [2.24, 2.45) is 7.05 Å². The van der Waals surface area contributed by atoms with Gasteiger partial charge in [-0.15, -0.1) is 0 Å². The van der Waals surface area contributed by atoms with Gasteiger partial charge in [-0.2, -0.15) is 5.10 Å². The van der Waals surface area contributed by atoms with Gasteiger partial charge in [-0.25, -0.2) is 8.78 Å². The molecule has 3 N–H and O–H groups in total. The summed E-state index contributed by atoms with van der Waals surface area (Å²) < 4.78 is 39.4. The summed E-state index contributed by atoms with van der Waals surface area (Å²) in [6.45, 7) is 3.32. The molecule has 8 nitrogen and oxygen atoms in total. The number of carboxylic acids is 1. The average molecular weight is 647 g/mol. The number of nitrogens with one attached hydrogen (secondary N) is 2. The number of halogens is 2. The number of benzene rings is 2. The predicted molar refractivity (Wildman–Crippen MR) is 175 cm³/mol. The first-order valence-electron chi connectivity index (χ1n) is 17.0. The highest BCUT2D eigenvalue weighted by Gasteiger charge is 2.55. The second kappa shape index (κ2) is 11.7. The monoisotopic (exact) mass is 646 g/mol. The van der Waals surface area contributed by atoms with Gasteiger partial charge in [0.05, 0.1) is 5.69 Å². The highest BCUT2D eigenvalue weighted by molar-refractivity contribution is 5.87. The molecule has 3 aromatic rings. The minimum Gasteiger partial charge on any atom is -0.490 e. The zero-order valence-corrected chi connectivity index (χ0v) is 27.4. The van der Waals surface area contributed by atoms with E-state index >= 15 is 8.78 Å². The van der Waals surface area contributed by atoms with Crippen molar-refractivity contribution in [2.75, 3.05) is 6.54 Å². The first-order valence-corrected chi connectivity index (χ1v) is 17.0. The SMILES string of the molecule is Cn1cc(-c2ccc(O[C@@H]3CC[C@@H](NC(=O)[C@@]4(F)CNC5(CCC5)C4)C3)c(-c3cccc(F)c3C3CCC3)c2)c(C(C)(C)C(=O)O)n1. The number of nitrogens with zero attached hydrogens (tertiary/aromatic N) is 2. The summed E-state index contributed by atoms with van der Waals surface area (Å²) in [5.74, 6) is -1.06. The fourth-order valence-corrected chi connectivity index (χ4v) is 7.94. The average Bonchev–Trinajstić information content (AvgIpc) is 3.71. The second-order valence-corrected chi connectivity index (χ2v) is 14.9. The van der Waals surface area contributed by atoms with E-state index < -0.39 is 23.0 Å². The summed E-state index contributed by atoms with van der Waals surface area (Å²) in [7, 11) is 1.76. The van der Waals surface area contributed by atoms with Crippen LogP contribution in [0, 0.1) is 5.82 Å². The number of aryl methyl sites for hydroxylation is 1. The summed E-state index contributed by atoms with van der Waals surface area (Å²) in [5, 5.41) is 20.8. The summed E-state index contributed by atoms with van der Waals surface area (Å²) in [4.78, 5) is 25.3. The Labute approximate surface area is 274 Å². The molecule has 1 spiro atoms. The van der Waals surface area contributed by atoms with Crippen molar-refractivity contribution in [3.05, 3.63) is 59.7 Å². The first kappa shape index (κ1) is 31.8. The first-order chi connectivity index (χ1) is 22.4. The van der Waals surface area contributed by atoms with Crippen LogP contribution in [0.2, 0.25) is 0 Å². The minimum atomic E-state index is -1.89. The van der Waals surface area contributed by atoms with Gasteiger partial charge in [0.25, 0.3) is 5.91 Å². The van der Waals surface area contributed by atoms with Crippen molar-refractivity contribution in [3.8, 4) is 28.0 Å². The van der Waals surface area contributed by atoms with Crippen LogP contribution in [0.1, 0.15) is 95.2 Å². The number of carbonyl (C=O) groups is 2. The number of alkyl halides is 1. The van der Waals surface area contributed by atoms with Crippen molar-refractivity contribution >= 4 is 11.9 Å². The van der Waals surface area contributed by atoms with E-state index in [4.69, 9.17) is 4.74 Å². The van der Waals surface area contributed by atoms with Gasteiger partial charge < -0.3 is 20.5 Å². The van der Waals surface area contributed by atoms with Crippen molar-refractivity contribution < 1.29 is 28.2 Å². The number of aliphatic carboxylic acids is 1. The smallest absolute Gasteiger partial charge is 0.315 e. The maximum absolute atomic E-state index is 15.7. The van der Waals surface area contributed by atoms with Crippen LogP contribution in [0.25, 0.3) is 22.3 Å². The Morgan fingerprint density at radius 1 is 1.09 bits per heavy atom. The van der Waals surface area contributed by atoms with Crippen molar-refractivity contribution in [2.45, 2.75) is 113 Å². The molecule has 0 unspecified atom stereocenters. The van der Waals surface area contributed by atoms with Crippen LogP contribution in [0.4, 0.5) is 8.78 Å². The van der Waals surface area contributed by atoms with Gasteiger partial charge in [0.1, 0.15) is 23.1 Å². The Balaban J connectivity index is 1.18. The summed E-state index contributed by atoms with van der Waals surface area (Å²) in [5.41, 5.74) is 0.694. The molecule has 0 bridgehead atoms. The van der Waals surface area contributed by atoms with E-state index in [0.717, 1.165) is 55.2 Å². The number of hydrogen-bond acceptors (Lipinski definition) is 5. The molecule has 250 valence electrons. The Morgan fingerprint density at radius 3 is 2.53 bits per heavy atom. The topological polar surface area (TPSA) is 105 Å². The molecule has 1 aromatic heterocycles. The van der Waals surface area contributed by atoms with Crippen LogP contribution in [0.3, 0.4) is 0 Å². The van der Waals surface area contributed by atoms with Crippen LogP contribution in [0.5, 0.6) is 5.75 Å². The van der Waals surface area contributed by atoms with E-state index in [0.29, 0.717) is 41.8 Å². The number of rotatable bonds is 9. The third-order valence-electron chi connectivity index (χ3n) is 11.2. The number of aromatic nitrogens is 2. The van der Waals surface area contributed by atoms with E-state index in [1.54, 1.807) is 31.6 Å². The highest BCUT2D eigenvalue weighted by Crippen LogP contribution is 2.47. The third kappa shape index (κ3) is 5.72. The number of hydrogen-bond donors (Lipinski definition) is 3. The molecule has 2 aromatic carbocycles. The van der Waals surface area contributed by atoms with Crippen LogP contribution < -0.4 is 15.4 Å². The van der Waals surface area contributed by atoms with Gasteiger partial charge >= 0.3 is 5.97 Å². The largest absolute Gasteiger partial charge is 0.490 e. The fourth-order valence-electron chi connectivity index (χ4n) is 7.94. The van der Waals surface area contributed by atoms with Gasteiger partial charge in [0.15, 0.2) is 0 Å². The molecular formula is C37H44F2N4O4. The van der Waals surface area contributed by atoms with E-state index in [9.17, 15) is 14.7 Å². The van der Waals surface area contributed by atoms with Crippen LogP contribution in [-0.4, -0.2) is 56.7 Å². The van der Waals surface area contributed by atoms with Crippen LogP contribution in [0.15, 0.2) is 42.6 Å². The zero-order valence-electron chi connectivity index (χ0n) is 27.4. The predicted octanol–water partition coefficient (Wildman–Crippen LogP) is 6.56. The maximum atomic E-state index is 15.7. The van der Waals surface area contributed by atoms with Gasteiger partial charge in [-0.3, -0.25) is 14.3 Å². The van der Waals surface area contributed by atoms with Crippen molar-refractivity contribution in [1.29, 1.82) is 0 Å². The lowest BCUT2D eigenvalue weighted by Crippen LogP contribution is -2.49. The summed E-state index contributed by atoms with van der Waals surface area (Å²) in [6, 6.07) is 10.7. The third-order valence-corrected chi connectivity index (χ3v) is 11.2. The van der Waals surface area contributed by atoms with Gasteiger partial charge in [0, 0.05) is 55.3 Å². The van der Waals surface area contributed by atoms with E-state index in [1.807, 2.05) is 30.5 Å². The van der Waals surface area contributed by atoms with E-state index in [-0.39, 0.29) is 42.4 Å².